The molecule has 0 aromatic carbocycles. The number of halogens is 2. The van der Waals surface area contributed by atoms with Crippen LogP contribution in [0.3, 0.4) is 0 Å². The van der Waals surface area contributed by atoms with E-state index in [2.05, 4.69) is 0 Å². The topological polar surface area (TPSA) is 6.48 Å². The molecule has 78 valence electrons. The van der Waals surface area contributed by atoms with Gasteiger partial charge in [0.25, 0.3) is 0 Å². The predicted molar refractivity (Wildman–Crippen MR) is 48.4 cm³/mol. The molecule has 0 amide bonds. The van der Waals surface area contributed by atoms with Gasteiger partial charge in [-0.1, -0.05) is 13.3 Å². The quantitative estimate of drug-likeness (QED) is 0.619. The Morgan fingerprint density at radius 1 is 1.46 bits per heavy atom. The van der Waals surface area contributed by atoms with Crippen LogP contribution in [0.2, 0.25) is 0 Å². The number of hydrogen-bond acceptors (Lipinski definition) is 2. The van der Waals surface area contributed by atoms with Gasteiger partial charge in [0.1, 0.15) is 0 Å². The van der Waals surface area contributed by atoms with E-state index in [9.17, 15) is 8.78 Å². The van der Waals surface area contributed by atoms with E-state index < -0.39 is 6.05 Å². The zero-order valence-corrected chi connectivity index (χ0v) is 8.56. The average Bonchev–Trinajstić information content (AvgIpc) is 2.01. The molecule has 0 aromatic heterocycles. The lowest BCUT2D eigenvalue weighted by Gasteiger charge is -2.41. The van der Waals surface area contributed by atoms with Crippen molar-refractivity contribution in [3.8, 4) is 0 Å². The Morgan fingerprint density at radius 3 is 2.46 bits per heavy atom. The molecule has 0 N–H and O–H groups in total. The molecule has 1 heterocycles. The Morgan fingerprint density at radius 2 is 2.08 bits per heavy atom. The van der Waals surface area contributed by atoms with Crippen LogP contribution < -0.4 is 0 Å². The monoisotopic (exact) mass is 192 g/mol. The number of piperidine rings is 1. The maximum atomic E-state index is 13.4. The first-order chi connectivity index (χ1) is 5.97. The second-order valence-electron chi connectivity index (χ2n) is 3.90. The third kappa shape index (κ3) is 2.38. The summed E-state index contributed by atoms with van der Waals surface area (Å²) in [6, 6.07) is -2.65. The molecule has 1 unspecified atom stereocenters. The van der Waals surface area contributed by atoms with E-state index >= 15 is 0 Å². The van der Waals surface area contributed by atoms with Crippen molar-refractivity contribution >= 4 is 0 Å². The van der Waals surface area contributed by atoms with Crippen molar-refractivity contribution in [3.05, 3.63) is 0 Å². The summed E-state index contributed by atoms with van der Waals surface area (Å²) in [6.07, 6.45) is 1.74. The maximum absolute atomic E-state index is 13.4. The van der Waals surface area contributed by atoms with Crippen LogP contribution in [0, 0.1) is 5.92 Å². The number of nitrogens with zero attached hydrogens (tertiary/aromatic N) is 2. The lowest BCUT2D eigenvalue weighted by atomic mass is 9.93. The van der Waals surface area contributed by atoms with E-state index in [1.165, 1.54) is 5.01 Å². The number of hydrogen-bond donors (Lipinski definition) is 0. The number of hydrazine groups is 1. The lowest BCUT2D eigenvalue weighted by Crippen LogP contribution is -2.54. The van der Waals surface area contributed by atoms with Gasteiger partial charge in [-0.2, -0.15) is 13.8 Å². The molecule has 1 aliphatic rings. The maximum Gasteiger partial charge on any atom is 0.317 e. The van der Waals surface area contributed by atoms with Crippen molar-refractivity contribution in [3.63, 3.8) is 0 Å². The molecule has 0 aromatic rings. The zero-order valence-electron chi connectivity index (χ0n) is 8.56. The Balaban J connectivity index is 2.62. The van der Waals surface area contributed by atoms with Crippen LogP contribution in [0.4, 0.5) is 8.78 Å². The second-order valence-corrected chi connectivity index (χ2v) is 3.90. The molecule has 1 saturated heterocycles. The second kappa shape index (κ2) is 3.88. The summed E-state index contributed by atoms with van der Waals surface area (Å²) < 4.78 is 26.9. The molecular formula is C9H18F2N2. The van der Waals surface area contributed by atoms with Crippen molar-refractivity contribution in [1.82, 2.24) is 10.0 Å². The Kier molecular flexibility index (Phi) is 3.24. The standard InChI is InChI=1S/C9H18F2N2/c1-4-8-5-6-13(12(2)3)9(10,11)7-8/h8H,4-7H2,1-3H3. The summed E-state index contributed by atoms with van der Waals surface area (Å²) in [6.45, 7) is 2.45. The summed E-state index contributed by atoms with van der Waals surface area (Å²) in [7, 11) is 3.33. The van der Waals surface area contributed by atoms with Crippen LogP contribution in [0.1, 0.15) is 26.2 Å². The first-order valence-electron chi connectivity index (χ1n) is 4.80. The predicted octanol–water partition coefficient (Wildman–Crippen LogP) is 2.18. The third-order valence-corrected chi connectivity index (χ3v) is 2.72. The minimum Gasteiger partial charge on any atom is -0.243 e. The molecule has 1 fully saturated rings. The smallest absolute Gasteiger partial charge is 0.243 e. The van der Waals surface area contributed by atoms with Gasteiger partial charge in [0.15, 0.2) is 0 Å². The lowest BCUT2D eigenvalue weighted by molar-refractivity contribution is -0.252. The Hall–Kier alpha value is -0.220. The molecule has 0 bridgehead atoms. The van der Waals surface area contributed by atoms with E-state index in [1.54, 1.807) is 14.1 Å². The molecule has 1 aliphatic heterocycles. The van der Waals surface area contributed by atoms with Gasteiger partial charge in [0.05, 0.1) is 0 Å². The van der Waals surface area contributed by atoms with Crippen molar-refractivity contribution in [2.75, 3.05) is 20.6 Å². The SMILES string of the molecule is CCC1CCN(N(C)C)C(F)(F)C1. The van der Waals surface area contributed by atoms with Gasteiger partial charge in [-0.15, -0.1) is 0 Å². The summed E-state index contributed by atoms with van der Waals surface area (Å²) in [5.74, 6) is 0.186. The molecule has 0 spiro atoms. The van der Waals surface area contributed by atoms with Crippen LogP contribution in [0.25, 0.3) is 0 Å². The van der Waals surface area contributed by atoms with Gasteiger partial charge in [0.2, 0.25) is 0 Å². The zero-order chi connectivity index (χ0) is 10.1. The van der Waals surface area contributed by atoms with Crippen molar-refractivity contribution < 1.29 is 8.78 Å². The number of rotatable bonds is 2. The van der Waals surface area contributed by atoms with Crippen molar-refractivity contribution in [1.29, 1.82) is 0 Å². The fraction of sp³-hybridized carbons (Fsp3) is 1.00. The fourth-order valence-electron chi connectivity index (χ4n) is 1.86. The average molecular weight is 192 g/mol. The normalized spacial score (nSPS) is 29.5. The van der Waals surface area contributed by atoms with Gasteiger partial charge in [-0.3, -0.25) is 0 Å². The fourth-order valence-corrected chi connectivity index (χ4v) is 1.86. The van der Waals surface area contributed by atoms with Gasteiger partial charge in [-0.05, 0) is 12.3 Å². The van der Waals surface area contributed by atoms with Crippen LogP contribution in [-0.2, 0) is 0 Å². The molecule has 0 radical (unpaired) electrons. The van der Waals surface area contributed by atoms with Gasteiger partial charge < -0.3 is 0 Å². The summed E-state index contributed by atoms with van der Waals surface area (Å²) in [5.41, 5.74) is 0. The van der Waals surface area contributed by atoms with Crippen LogP contribution in [0.5, 0.6) is 0 Å². The highest BCUT2D eigenvalue weighted by molar-refractivity contribution is 4.78. The van der Waals surface area contributed by atoms with Crippen LogP contribution in [-0.4, -0.2) is 36.7 Å². The van der Waals surface area contributed by atoms with Crippen molar-refractivity contribution in [2.24, 2.45) is 5.92 Å². The van der Waals surface area contributed by atoms with Gasteiger partial charge in [0, 0.05) is 27.1 Å². The summed E-state index contributed by atoms with van der Waals surface area (Å²) >= 11 is 0. The first kappa shape index (κ1) is 10.9. The van der Waals surface area contributed by atoms with Gasteiger partial charge >= 0.3 is 6.05 Å². The Labute approximate surface area is 78.5 Å². The molecule has 2 nitrogen and oxygen atoms in total. The van der Waals surface area contributed by atoms with Crippen LogP contribution in [0.15, 0.2) is 0 Å². The Bertz CT molecular complexity index is 171. The minimum atomic E-state index is -2.65. The number of alkyl halides is 2. The van der Waals surface area contributed by atoms with E-state index in [0.29, 0.717) is 6.54 Å². The summed E-state index contributed by atoms with van der Waals surface area (Å²) in [4.78, 5) is 0. The van der Waals surface area contributed by atoms with E-state index in [4.69, 9.17) is 0 Å². The molecule has 1 atom stereocenters. The third-order valence-electron chi connectivity index (χ3n) is 2.72. The van der Waals surface area contributed by atoms with Crippen molar-refractivity contribution in [2.45, 2.75) is 32.2 Å². The van der Waals surface area contributed by atoms with E-state index in [-0.39, 0.29) is 12.3 Å². The largest absolute Gasteiger partial charge is 0.317 e. The molecule has 0 saturated carbocycles. The molecule has 13 heavy (non-hydrogen) atoms. The molecule has 0 aliphatic carbocycles. The first-order valence-corrected chi connectivity index (χ1v) is 4.80. The molecule has 1 rings (SSSR count). The van der Waals surface area contributed by atoms with Gasteiger partial charge in [-0.25, -0.2) is 5.01 Å². The van der Waals surface area contributed by atoms with Crippen LogP contribution >= 0.6 is 0 Å². The highest BCUT2D eigenvalue weighted by Gasteiger charge is 2.43. The highest BCUT2D eigenvalue weighted by Crippen LogP contribution is 2.36. The molecule has 4 heteroatoms. The van der Waals surface area contributed by atoms with E-state index in [1.807, 2.05) is 6.92 Å². The van der Waals surface area contributed by atoms with E-state index in [0.717, 1.165) is 17.9 Å². The minimum absolute atomic E-state index is 0.00167. The summed E-state index contributed by atoms with van der Waals surface area (Å²) in [5, 5.41) is 2.64. The molecular weight excluding hydrogens is 174 g/mol. The highest BCUT2D eigenvalue weighted by atomic mass is 19.3.